The summed E-state index contributed by atoms with van der Waals surface area (Å²) < 4.78 is 16.9. The first-order valence-electron chi connectivity index (χ1n) is 30.1. The molecule has 0 radical (unpaired) electrons. The Labute approximate surface area is 439 Å². The molecule has 0 spiro atoms. The van der Waals surface area contributed by atoms with Crippen LogP contribution in [0.5, 0.6) is 0 Å². The third kappa shape index (κ3) is 57.4. The van der Waals surface area contributed by atoms with Crippen molar-refractivity contribution in [3.05, 3.63) is 85.1 Å². The fraction of sp³-hybridized carbons (Fsp3) is 0.738. The average Bonchev–Trinajstić information content (AvgIpc) is 3.37. The molecule has 1 unspecified atom stereocenters. The van der Waals surface area contributed by atoms with Crippen molar-refractivity contribution >= 4 is 17.9 Å². The number of rotatable bonds is 54. The molecule has 0 amide bonds. The fourth-order valence-electron chi connectivity index (χ4n) is 8.38. The topological polar surface area (TPSA) is 78.9 Å². The number of esters is 3. The van der Waals surface area contributed by atoms with Gasteiger partial charge in [0.1, 0.15) is 13.2 Å². The van der Waals surface area contributed by atoms with Gasteiger partial charge in [0.15, 0.2) is 6.10 Å². The first-order chi connectivity index (χ1) is 35.0. The third-order valence-corrected chi connectivity index (χ3v) is 12.9. The van der Waals surface area contributed by atoms with Crippen molar-refractivity contribution in [1.29, 1.82) is 0 Å². The zero-order valence-corrected chi connectivity index (χ0v) is 46.7. The normalized spacial score (nSPS) is 12.7. The number of ether oxygens (including phenoxy) is 3. The quantitative estimate of drug-likeness (QED) is 0.0261. The smallest absolute Gasteiger partial charge is 0.306 e. The second-order valence-corrected chi connectivity index (χ2v) is 19.9. The van der Waals surface area contributed by atoms with Crippen molar-refractivity contribution in [2.75, 3.05) is 13.2 Å². The van der Waals surface area contributed by atoms with Gasteiger partial charge in [0.25, 0.3) is 0 Å². The van der Waals surface area contributed by atoms with Crippen molar-refractivity contribution < 1.29 is 28.6 Å². The summed E-state index contributed by atoms with van der Waals surface area (Å²) in [7, 11) is 0. The standard InChI is InChI=1S/C65H112O6/c1-4-7-10-13-16-19-22-25-28-30-32-33-34-36-37-40-43-46-49-52-55-58-64(67)70-61-62(60-69-63(66)57-54-51-48-45-42-39-27-24-21-18-15-12-9-6-3)71-65(68)59-56-53-50-47-44-41-38-35-31-29-26-23-20-17-14-11-8-5-2/h7,10,16,19-20,23,25,28-29,31-33,36-37,62H,4-6,8-9,11-15,17-18,21-22,24,26-27,30,34-35,38-61H2,1-3H3/b10-7-,19-16-,23-20-,28-25-,31-29-,33-32-,37-36-. The van der Waals surface area contributed by atoms with Crippen LogP contribution in [0.3, 0.4) is 0 Å². The van der Waals surface area contributed by atoms with Gasteiger partial charge in [0.05, 0.1) is 0 Å². The molecule has 1 atom stereocenters. The van der Waals surface area contributed by atoms with E-state index >= 15 is 0 Å². The molecule has 0 bridgehead atoms. The number of carbonyl (C=O) groups excluding carboxylic acids is 3. The molecule has 0 aliphatic carbocycles. The number of hydrogen-bond donors (Lipinski definition) is 0. The molecule has 6 heteroatoms. The lowest BCUT2D eigenvalue weighted by Gasteiger charge is -2.18. The van der Waals surface area contributed by atoms with Gasteiger partial charge in [-0.2, -0.15) is 0 Å². The highest BCUT2D eigenvalue weighted by Crippen LogP contribution is 2.16. The van der Waals surface area contributed by atoms with Gasteiger partial charge in [0.2, 0.25) is 0 Å². The molecule has 0 aromatic carbocycles. The summed E-state index contributed by atoms with van der Waals surface area (Å²) in [5, 5.41) is 0. The maximum absolute atomic E-state index is 12.9. The number of unbranched alkanes of at least 4 members (excludes halogenated alkanes) is 29. The summed E-state index contributed by atoms with van der Waals surface area (Å²) in [4.78, 5) is 38.2. The maximum Gasteiger partial charge on any atom is 0.306 e. The summed E-state index contributed by atoms with van der Waals surface area (Å²) in [6.07, 6.45) is 77.1. The lowest BCUT2D eigenvalue weighted by Crippen LogP contribution is -2.30. The van der Waals surface area contributed by atoms with E-state index in [2.05, 4.69) is 106 Å². The molecule has 6 nitrogen and oxygen atoms in total. The lowest BCUT2D eigenvalue weighted by molar-refractivity contribution is -0.167. The monoisotopic (exact) mass is 989 g/mol. The SMILES string of the molecule is CC/C=C\C/C=C\C/C=C\C/C=C\C/C=C\CCCCCCCC(=O)OCC(COC(=O)CCCCCCCCCCCCCCCC)OC(=O)CCCCCCCCC/C=C\C/C=C\CCCCCC. The molecular formula is C65H112O6. The predicted molar refractivity (Wildman–Crippen MR) is 307 cm³/mol. The number of hydrogen-bond acceptors (Lipinski definition) is 6. The van der Waals surface area contributed by atoms with E-state index in [9.17, 15) is 14.4 Å². The Morgan fingerprint density at radius 2 is 0.549 bits per heavy atom. The minimum atomic E-state index is -0.789. The molecule has 0 aromatic rings. The van der Waals surface area contributed by atoms with Gasteiger partial charge in [-0.15, -0.1) is 0 Å². The lowest BCUT2D eigenvalue weighted by atomic mass is 10.0. The molecule has 0 saturated heterocycles. The molecule has 0 rings (SSSR count). The number of allylic oxidation sites excluding steroid dienone is 14. The van der Waals surface area contributed by atoms with Gasteiger partial charge in [-0.3, -0.25) is 14.4 Å². The molecule has 0 aromatic heterocycles. The van der Waals surface area contributed by atoms with Crippen LogP contribution in [-0.4, -0.2) is 37.2 Å². The van der Waals surface area contributed by atoms with Crippen LogP contribution < -0.4 is 0 Å². The van der Waals surface area contributed by atoms with Crippen molar-refractivity contribution in [3.8, 4) is 0 Å². The van der Waals surface area contributed by atoms with E-state index in [0.717, 1.165) is 122 Å². The van der Waals surface area contributed by atoms with E-state index in [1.54, 1.807) is 0 Å². The first kappa shape index (κ1) is 67.6. The van der Waals surface area contributed by atoms with Crippen molar-refractivity contribution in [2.45, 2.75) is 297 Å². The molecule has 0 saturated carbocycles. The highest BCUT2D eigenvalue weighted by atomic mass is 16.6. The van der Waals surface area contributed by atoms with Crippen molar-refractivity contribution in [1.82, 2.24) is 0 Å². The second kappa shape index (κ2) is 59.2. The van der Waals surface area contributed by atoms with Crippen LogP contribution in [0.2, 0.25) is 0 Å². The van der Waals surface area contributed by atoms with E-state index in [1.807, 2.05) is 0 Å². The van der Waals surface area contributed by atoms with Crippen LogP contribution >= 0.6 is 0 Å². The second-order valence-electron chi connectivity index (χ2n) is 19.9. The van der Waals surface area contributed by atoms with E-state index in [-0.39, 0.29) is 31.1 Å². The Balaban J connectivity index is 4.42. The van der Waals surface area contributed by atoms with Crippen LogP contribution in [0.25, 0.3) is 0 Å². The van der Waals surface area contributed by atoms with Gasteiger partial charge in [-0.25, -0.2) is 0 Å². The maximum atomic E-state index is 12.9. The highest BCUT2D eigenvalue weighted by Gasteiger charge is 2.19. The Morgan fingerprint density at radius 1 is 0.296 bits per heavy atom. The van der Waals surface area contributed by atoms with Crippen LogP contribution in [-0.2, 0) is 28.6 Å². The van der Waals surface area contributed by atoms with Gasteiger partial charge in [-0.1, -0.05) is 260 Å². The predicted octanol–water partition coefficient (Wildman–Crippen LogP) is 20.3. The van der Waals surface area contributed by atoms with Gasteiger partial charge in [0, 0.05) is 19.3 Å². The summed E-state index contributed by atoms with van der Waals surface area (Å²) in [6.45, 7) is 6.51. The largest absolute Gasteiger partial charge is 0.462 e. The summed E-state index contributed by atoms with van der Waals surface area (Å²) in [5.41, 5.74) is 0. The van der Waals surface area contributed by atoms with E-state index in [4.69, 9.17) is 14.2 Å². The van der Waals surface area contributed by atoms with Gasteiger partial charge >= 0.3 is 17.9 Å². The first-order valence-corrected chi connectivity index (χ1v) is 30.1. The third-order valence-electron chi connectivity index (χ3n) is 12.9. The van der Waals surface area contributed by atoms with Crippen molar-refractivity contribution in [3.63, 3.8) is 0 Å². The summed E-state index contributed by atoms with van der Waals surface area (Å²) in [6, 6.07) is 0. The van der Waals surface area contributed by atoms with Crippen molar-refractivity contribution in [2.24, 2.45) is 0 Å². The minimum absolute atomic E-state index is 0.0840. The van der Waals surface area contributed by atoms with Crippen LogP contribution in [0, 0.1) is 0 Å². The molecule has 0 N–H and O–H groups in total. The van der Waals surface area contributed by atoms with Gasteiger partial charge in [-0.05, 0) is 96.3 Å². The molecule has 0 aliphatic rings. The zero-order valence-electron chi connectivity index (χ0n) is 46.7. The van der Waals surface area contributed by atoms with Crippen LogP contribution in [0.1, 0.15) is 290 Å². The molecule has 0 heterocycles. The molecule has 0 fully saturated rings. The summed E-state index contributed by atoms with van der Waals surface area (Å²) in [5.74, 6) is -0.902. The Bertz CT molecular complexity index is 1370. The van der Waals surface area contributed by atoms with Crippen LogP contribution in [0.15, 0.2) is 85.1 Å². The molecule has 408 valence electrons. The van der Waals surface area contributed by atoms with E-state index in [1.165, 1.54) is 128 Å². The molecule has 71 heavy (non-hydrogen) atoms. The Hall–Kier alpha value is -3.41. The Morgan fingerprint density at radius 3 is 0.873 bits per heavy atom. The number of carbonyl (C=O) groups is 3. The minimum Gasteiger partial charge on any atom is -0.462 e. The zero-order chi connectivity index (χ0) is 51.4. The van der Waals surface area contributed by atoms with Gasteiger partial charge < -0.3 is 14.2 Å². The Kier molecular flexibility index (Phi) is 56.3. The summed E-state index contributed by atoms with van der Waals surface area (Å²) >= 11 is 0. The molecule has 0 aliphatic heterocycles. The average molecular weight is 990 g/mol. The van der Waals surface area contributed by atoms with E-state index in [0.29, 0.717) is 19.3 Å². The van der Waals surface area contributed by atoms with E-state index < -0.39 is 6.10 Å². The van der Waals surface area contributed by atoms with Crippen LogP contribution in [0.4, 0.5) is 0 Å². The highest BCUT2D eigenvalue weighted by molar-refractivity contribution is 5.71. The fourth-order valence-corrected chi connectivity index (χ4v) is 8.38. The molecular weight excluding hydrogens is 877 g/mol.